The molecule has 114 valence electrons. The molecule has 1 rings (SSSR count). The molecule has 0 aliphatic carbocycles. The van der Waals surface area contributed by atoms with Crippen LogP contribution >= 0.6 is 0 Å². The number of nitrogens with zero attached hydrogens (tertiary/aromatic N) is 2. The van der Waals surface area contributed by atoms with Crippen molar-refractivity contribution in [1.29, 1.82) is 0 Å². The second-order valence-electron chi connectivity index (χ2n) is 5.88. The Labute approximate surface area is 121 Å². The molecule has 0 saturated heterocycles. The Balaban J connectivity index is 2.76. The number of nitrogens with one attached hydrogen (secondary N) is 2. The van der Waals surface area contributed by atoms with Gasteiger partial charge in [0.2, 0.25) is 0 Å². The number of H-pyrrole nitrogens is 1. The molecule has 0 aromatic carbocycles. The second kappa shape index (κ2) is 7.28. The van der Waals surface area contributed by atoms with Gasteiger partial charge in [-0.25, -0.2) is 0 Å². The van der Waals surface area contributed by atoms with E-state index in [0.717, 1.165) is 25.1 Å². The zero-order chi connectivity index (χ0) is 15.3. The van der Waals surface area contributed by atoms with Crippen molar-refractivity contribution in [3.63, 3.8) is 0 Å². The van der Waals surface area contributed by atoms with E-state index in [0.29, 0.717) is 17.3 Å². The Hall–Kier alpha value is -1.56. The van der Waals surface area contributed by atoms with E-state index < -0.39 is 0 Å². The van der Waals surface area contributed by atoms with Crippen molar-refractivity contribution in [2.75, 3.05) is 26.4 Å². The molecule has 6 nitrogen and oxygen atoms in total. The monoisotopic (exact) mass is 281 g/mol. The Morgan fingerprint density at radius 1 is 1.45 bits per heavy atom. The van der Waals surface area contributed by atoms with E-state index in [4.69, 9.17) is 5.73 Å². The number of rotatable bonds is 7. The van der Waals surface area contributed by atoms with Crippen LogP contribution in [-0.4, -0.2) is 47.7 Å². The molecule has 0 saturated carbocycles. The highest BCUT2D eigenvalue weighted by atomic mass is 16.2. The minimum absolute atomic E-state index is 0.0960. The Morgan fingerprint density at radius 3 is 2.55 bits per heavy atom. The number of aromatic nitrogens is 2. The first kappa shape index (κ1) is 16.5. The fourth-order valence-electron chi connectivity index (χ4n) is 2.27. The molecule has 1 amide bonds. The van der Waals surface area contributed by atoms with Crippen molar-refractivity contribution in [3.05, 3.63) is 11.4 Å². The molecule has 6 heteroatoms. The van der Waals surface area contributed by atoms with Gasteiger partial charge in [-0.05, 0) is 32.9 Å². The molecule has 1 aromatic heterocycles. The van der Waals surface area contributed by atoms with Crippen molar-refractivity contribution in [3.8, 4) is 0 Å². The van der Waals surface area contributed by atoms with E-state index in [9.17, 15) is 4.79 Å². The van der Waals surface area contributed by atoms with Gasteiger partial charge in [-0.1, -0.05) is 20.8 Å². The Bertz CT molecular complexity index is 429. The molecule has 0 fully saturated rings. The Kier molecular flexibility index (Phi) is 6.01. The lowest BCUT2D eigenvalue weighted by Crippen LogP contribution is -2.42. The molecular formula is C14H27N5O. The van der Waals surface area contributed by atoms with Gasteiger partial charge >= 0.3 is 0 Å². The molecule has 1 aromatic rings. The SMILES string of the molecule is CCc1[nH]nc(C(=O)NC(CC(C)C)CN(C)C)c1N. The number of nitrogens with two attached hydrogens (primary N) is 1. The molecule has 20 heavy (non-hydrogen) atoms. The number of likely N-dealkylation sites (N-methyl/N-ethyl adjacent to an activating group) is 1. The third-order valence-corrected chi connectivity index (χ3v) is 3.13. The van der Waals surface area contributed by atoms with E-state index in [1.165, 1.54) is 0 Å². The minimum Gasteiger partial charge on any atom is -0.395 e. The van der Waals surface area contributed by atoms with E-state index in [2.05, 4.69) is 34.3 Å². The number of aromatic amines is 1. The number of anilines is 1. The number of amides is 1. The lowest BCUT2D eigenvalue weighted by atomic mass is 10.0. The van der Waals surface area contributed by atoms with Gasteiger partial charge < -0.3 is 16.0 Å². The van der Waals surface area contributed by atoms with Gasteiger partial charge in [-0.2, -0.15) is 5.10 Å². The summed E-state index contributed by atoms with van der Waals surface area (Å²) in [5, 5.41) is 9.87. The molecule has 1 atom stereocenters. The Morgan fingerprint density at radius 2 is 2.10 bits per heavy atom. The molecule has 1 unspecified atom stereocenters. The summed E-state index contributed by atoms with van der Waals surface area (Å²) in [6.45, 7) is 7.06. The summed E-state index contributed by atoms with van der Waals surface area (Å²) in [5.74, 6) is 0.314. The summed E-state index contributed by atoms with van der Waals surface area (Å²) in [7, 11) is 4.00. The van der Waals surface area contributed by atoms with Crippen LogP contribution in [0.1, 0.15) is 43.4 Å². The molecule has 4 N–H and O–H groups in total. The second-order valence-corrected chi connectivity index (χ2v) is 5.88. The van der Waals surface area contributed by atoms with Gasteiger partial charge in [0, 0.05) is 12.6 Å². The number of carbonyl (C=O) groups excluding carboxylic acids is 1. The molecule has 0 radical (unpaired) electrons. The van der Waals surface area contributed by atoms with Crippen molar-refractivity contribution >= 4 is 11.6 Å². The van der Waals surface area contributed by atoms with Crippen molar-refractivity contribution < 1.29 is 4.79 Å². The topological polar surface area (TPSA) is 87.0 Å². The van der Waals surface area contributed by atoms with Crippen LogP contribution in [0, 0.1) is 5.92 Å². The first-order chi connectivity index (χ1) is 9.35. The fourth-order valence-corrected chi connectivity index (χ4v) is 2.27. The summed E-state index contributed by atoms with van der Waals surface area (Å²) in [5.41, 5.74) is 7.49. The maximum absolute atomic E-state index is 12.3. The lowest BCUT2D eigenvalue weighted by Gasteiger charge is -2.23. The van der Waals surface area contributed by atoms with Crippen LogP contribution in [0.15, 0.2) is 0 Å². The standard InChI is InChI=1S/C14H27N5O/c1-6-11-12(15)13(18-17-11)14(20)16-10(7-9(2)3)8-19(4)5/h9-10H,6-8,15H2,1-5H3,(H,16,20)(H,17,18). The van der Waals surface area contributed by atoms with Crippen LogP contribution in [0.3, 0.4) is 0 Å². The van der Waals surface area contributed by atoms with Crippen molar-refractivity contribution in [2.24, 2.45) is 5.92 Å². The van der Waals surface area contributed by atoms with Gasteiger partial charge in [0.25, 0.3) is 5.91 Å². The van der Waals surface area contributed by atoms with Gasteiger partial charge in [-0.15, -0.1) is 0 Å². The van der Waals surface area contributed by atoms with E-state index in [1.807, 2.05) is 21.0 Å². The molecule has 0 aliphatic heterocycles. The van der Waals surface area contributed by atoms with E-state index in [1.54, 1.807) is 0 Å². The number of carbonyl (C=O) groups is 1. The normalized spacial score (nSPS) is 12.9. The van der Waals surface area contributed by atoms with Crippen LogP contribution in [0.25, 0.3) is 0 Å². The highest BCUT2D eigenvalue weighted by molar-refractivity contribution is 5.97. The third kappa shape index (κ3) is 4.52. The van der Waals surface area contributed by atoms with Crippen LogP contribution in [0.4, 0.5) is 5.69 Å². The zero-order valence-corrected chi connectivity index (χ0v) is 13.2. The summed E-state index contributed by atoms with van der Waals surface area (Å²) in [4.78, 5) is 14.3. The first-order valence-corrected chi connectivity index (χ1v) is 7.13. The number of aryl methyl sites for hydroxylation is 1. The fraction of sp³-hybridized carbons (Fsp3) is 0.714. The largest absolute Gasteiger partial charge is 0.395 e. The van der Waals surface area contributed by atoms with Gasteiger partial charge in [-0.3, -0.25) is 9.89 Å². The predicted molar refractivity (Wildman–Crippen MR) is 81.6 cm³/mol. The van der Waals surface area contributed by atoms with Crippen LogP contribution in [0.2, 0.25) is 0 Å². The molecular weight excluding hydrogens is 254 g/mol. The lowest BCUT2D eigenvalue weighted by molar-refractivity contribution is 0.0920. The van der Waals surface area contributed by atoms with Gasteiger partial charge in [0.15, 0.2) is 5.69 Å². The minimum atomic E-state index is -0.203. The molecule has 0 aliphatic rings. The summed E-state index contributed by atoms with van der Waals surface area (Å²) in [6.07, 6.45) is 1.66. The van der Waals surface area contributed by atoms with Gasteiger partial charge in [0.1, 0.15) is 0 Å². The van der Waals surface area contributed by atoms with E-state index in [-0.39, 0.29) is 11.9 Å². The third-order valence-electron chi connectivity index (χ3n) is 3.13. The van der Waals surface area contributed by atoms with Crippen molar-refractivity contribution in [2.45, 2.75) is 39.7 Å². The van der Waals surface area contributed by atoms with Gasteiger partial charge in [0.05, 0.1) is 11.4 Å². The predicted octanol–water partition coefficient (Wildman–Crippen LogP) is 1.26. The summed E-state index contributed by atoms with van der Waals surface area (Å²) >= 11 is 0. The zero-order valence-electron chi connectivity index (χ0n) is 13.2. The van der Waals surface area contributed by atoms with Crippen LogP contribution in [-0.2, 0) is 6.42 Å². The quantitative estimate of drug-likeness (QED) is 0.702. The van der Waals surface area contributed by atoms with E-state index >= 15 is 0 Å². The van der Waals surface area contributed by atoms with Crippen molar-refractivity contribution in [1.82, 2.24) is 20.4 Å². The maximum atomic E-state index is 12.3. The number of nitrogen functional groups attached to an aromatic ring is 1. The first-order valence-electron chi connectivity index (χ1n) is 7.13. The molecule has 1 heterocycles. The smallest absolute Gasteiger partial charge is 0.274 e. The summed E-state index contributed by atoms with van der Waals surface area (Å²) in [6, 6.07) is 0.0960. The maximum Gasteiger partial charge on any atom is 0.274 e. The number of hydrogen-bond donors (Lipinski definition) is 3. The average molecular weight is 281 g/mol. The molecule has 0 bridgehead atoms. The van der Waals surface area contributed by atoms with Crippen LogP contribution in [0.5, 0.6) is 0 Å². The highest BCUT2D eigenvalue weighted by Gasteiger charge is 2.20. The highest BCUT2D eigenvalue weighted by Crippen LogP contribution is 2.15. The summed E-state index contributed by atoms with van der Waals surface area (Å²) < 4.78 is 0. The van der Waals surface area contributed by atoms with Crippen LogP contribution < -0.4 is 11.1 Å². The number of hydrogen-bond acceptors (Lipinski definition) is 4. The molecule has 0 spiro atoms. The average Bonchev–Trinajstić information content (AvgIpc) is 2.68.